The van der Waals surface area contributed by atoms with Crippen LogP contribution in [0.2, 0.25) is 0 Å². The third-order valence-corrected chi connectivity index (χ3v) is 2.30. The average Bonchev–Trinajstić information content (AvgIpc) is 1.98. The SMILES string of the molecule is CCC(C)(C)CNCCC(=O)S. The van der Waals surface area contributed by atoms with Crippen molar-refractivity contribution in [2.45, 2.75) is 33.6 Å². The first kappa shape index (κ1) is 12.0. The number of hydrogen-bond donors (Lipinski definition) is 2. The van der Waals surface area contributed by atoms with Gasteiger partial charge in [-0.15, -0.1) is 12.6 Å². The summed E-state index contributed by atoms with van der Waals surface area (Å²) in [5.41, 5.74) is 0.333. The first-order valence-corrected chi connectivity index (χ1v) is 4.85. The summed E-state index contributed by atoms with van der Waals surface area (Å²) in [6.45, 7) is 8.30. The summed E-state index contributed by atoms with van der Waals surface area (Å²) in [5, 5.41) is 3.19. The van der Waals surface area contributed by atoms with Gasteiger partial charge in [-0.2, -0.15) is 0 Å². The minimum Gasteiger partial charge on any atom is -0.316 e. The zero-order chi connectivity index (χ0) is 9.61. The monoisotopic (exact) mass is 189 g/mol. The molecule has 0 heterocycles. The zero-order valence-corrected chi connectivity index (χ0v) is 9.08. The fourth-order valence-corrected chi connectivity index (χ4v) is 0.859. The van der Waals surface area contributed by atoms with E-state index in [1.807, 2.05) is 0 Å². The van der Waals surface area contributed by atoms with Crippen LogP contribution in [0, 0.1) is 5.41 Å². The van der Waals surface area contributed by atoms with Crippen LogP contribution in [0.5, 0.6) is 0 Å². The quantitative estimate of drug-likeness (QED) is 0.493. The fraction of sp³-hybridized carbons (Fsp3) is 0.889. The molecule has 0 unspecified atom stereocenters. The van der Waals surface area contributed by atoms with E-state index >= 15 is 0 Å². The normalized spacial score (nSPS) is 11.7. The third kappa shape index (κ3) is 6.68. The molecule has 0 aliphatic carbocycles. The van der Waals surface area contributed by atoms with Gasteiger partial charge in [-0.1, -0.05) is 20.8 Å². The second-order valence-electron chi connectivity index (χ2n) is 3.84. The maximum atomic E-state index is 10.5. The van der Waals surface area contributed by atoms with Gasteiger partial charge in [0.15, 0.2) is 5.12 Å². The van der Waals surface area contributed by atoms with Gasteiger partial charge < -0.3 is 5.32 Å². The van der Waals surface area contributed by atoms with Crippen molar-refractivity contribution in [3.63, 3.8) is 0 Å². The Morgan fingerprint density at radius 1 is 1.50 bits per heavy atom. The van der Waals surface area contributed by atoms with Crippen molar-refractivity contribution in [1.82, 2.24) is 5.32 Å². The molecule has 1 N–H and O–H groups in total. The van der Waals surface area contributed by atoms with Crippen LogP contribution in [-0.2, 0) is 4.79 Å². The van der Waals surface area contributed by atoms with Gasteiger partial charge in [0.2, 0.25) is 0 Å². The van der Waals surface area contributed by atoms with Crippen molar-refractivity contribution >= 4 is 17.7 Å². The van der Waals surface area contributed by atoms with Crippen molar-refractivity contribution in [2.75, 3.05) is 13.1 Å². The summed E-state index contributed by atoms with van der Waals surface area (Å²) in [4.78, 5) is 10.5. The Balaban J connectivity index is 3.37. The predicted octanol–water partition coefficient (Wildman–Crippen LogP) is 1.86. The second kappa shape index (κ2) is 5.60. The molecule has 0 aromatic heterocycles. The van der Waals surface area contributed by atoms with Crippen molar-refractivity contribution in [3.8, 4) is 0 Å². The van der Waals surface area contributed by atoms with Crippen LogP contribution in [0.3, 0.4) is 0 Å². The fourth-order valence-electron chi connectivity index (χ4n) is 0.747. The van der Waals surface area contributed by atoms with Gasteiger partial charge in [0, 0.05) is 19.5 Å². The molecule has 72 valence electrons. The number of carbonyl (C=O) groups excluding carboxylic acids is 1. The Bertz CT molecular complexity index is 145. The van der Waals surface area contributed by atoms with Gasteiger partial charge in [-0.05, 0) is 11.8 Å². The van der Waals surface area contributed by atoms with Gasteiger partial charge in [-0.3, -0.25) is 4.79 Å². The molecule has 0 aromatic carbocycles. The summed E-state index contributed by atoms with van der Waals surface area (Å²) < 4.78 is 0. The highest BCUT2D eigenvalue weighted by Crippen LogP contribution is 2.17. The number of carbonyl (C=O) groups is 1. The van der Waals surface area contributed by atoms with E-state index in [0.717, 1.165) is 19.5 Å². The maximum Gasteiger partial charge on any atom is 0.187 e. The molecule has 2 nitrogen and oxygen atoms in total. The van der Waals surface area contributed by atoms with E-state index in [1.54, 1.807) is 0 Å². The Morgan fingerprint density at radius 2 is 2.08 bits per heavy atom. The molecular formula is C9H19NOS. The maximum absolute atomic E-state index is 10.5. The van der Waals surface area contributed by atoms with E-state index in [1.165, 1.54) is 0 Å². The lowest BCUT2D eigenvalue weighted by molar-refractivity contribution is -0.110. The highest BCUT2D eigenvalue weighted by atomic mass is 32.1. The van der Waals surface area contributed by atoms with Gasteiger partial charge >= 0.3 is 0 Å². The highest BCUT2D eigenvalue weighted by Gasteiger charge is 2.13. The number of thiol groups is 1. The number of nitrogens with one attached hydrogen (secondary N) is 1. The summed E-state index contributed by atoms with van der Waals surface area (Å²) >= 11 is 3.69. The van der Waals surface area contributed by atoms with Crippen molar-refractivity contribution in [1.29, 1.82) is 0 Å². The average molecular weight is 189 g/mol. The van der Waals surface area contributed by atoms with Crippen LogP contribution in [-0.4, -0.2) is 18.2 Å². The largest absolute Gasteiger partial charge is 0.316 e. The minimum absolute atomic E-state index is 0.0446. The zero-order valence-electron chi connectivity index (χ0n) is 8.18. The highest BCUT2D eigenvalue weighted by molar-refractivity contribution is 7.96. The van der Waals surface area contributed by atoms with E-state index in [-0.39, 0.29) is 5.12 Å². The van der Waals surface area contributed by atoms with Gasteiger partial charge in [0.05, 0.1) is 0 Å². The number of hydrogen-bond acceptors (Lipinski definition) is 2. The first-order valence-electron chi connectivity index (χ1n) is 4.40. The molecule has 0 rings (SSSR count). The molecule has 0 aliphatic heterocycles. The molecule has 0 saturated heterocycles. The van der Waals surface area contributed by atoms with E-state index in [2.05, 4.69) is 38.7 Å². The van der Waals surface area contributed by atoms with Crippen molar-refractivity contribution < 1.29 is 4.79 Å². The van der Waals surface area contributed by atoms with E-state index in [0.29, 0.717) is 11.8 Å². The summed E-state index contributed by atoms with van der Waals surface area (Å²) in [5.74, 6) is 0. The van der Waals surface area contributed by atoms with Crippen LogP contribution in [0.15, 0.2) is 0 Å². The molecule has 0 spiro atoms. The standard InChI is InChI=1S/C9H19NOS/c1-4-9(2,3)7-10-6-5-8(11)12/h10H,4-7H2,1-3H3,(H,11,12). The summed E-state index contributed by atoms with van der Waals surface area (Å²) in [7, 11) is 0. The van der Waals surface area contributed by atoms with E-state index in [9.17, 15) is 4.79 Å². The molecule has 0 aromatic rings. The first-order chi connectivity index (χ1) is 5.48. The van der Waals surface area contributed by atoms with Gasteiger partial charge in [-0.25, -0.2) is 0 Å². The lowest BCUT2D eigenvalue weighted by Crippen LogP contribution is -2.30. The minimum atomic E-state index is -0.0446. The van der Waals surface area contributed by atoms with E-state index in [4.69, 9.17) is 0 Å². The summed E-state index contributed by atoms with van der Waals surface area (Å²) in [6, 6.07) is 0. The lowest BCUT2D eigenvalue weighted by Gasteiger charge is -2.22. The van der Waals surface area contributed by atoms with Gasteiger partial charge in [0.1, 0.15) is 0 Å². The van der Waals surface area contributed by atoms with Crippen LogP contribution >= 0.6 is 12.6 Å². The predicted molar refractivity (Wildman–Crippen MR) is 55.6 cm³/mol. The molecule has 0 saturated carbocycles. The molecule has 0 aliphatic rings. The van der Waals surface area contributed by atoms with Crippen molar-refractivity contribution in [3.05, 3.63) is 0 Å². The Kier molecular flexibility index (Phi) is 5.59. The second-order valence-corrected chi connectivity index (χ2v) is 4.34. The van der Waals surface area contributed by atoms with Crippen LogP contribution < -0.4 is 5.32 Å². The molecule has 0 bridgehead atoms. The van der Waals surface area contributed by atoms with E-state index < -0.39 is 0 Å². The number of rotatable bonds is 6. The molecule has 0 amide bonds. The Morgan fingerprint density at radius 3 is 2.50 bits per heavy atom. The topological polar surface area (TPSA) is 29.1 Å². The molecular weight excluding hydrogens is 170 g/mol. The molecule has 0 atom stereocenters. The molecule has 0 fully saturated rings. The van der Waals surface area contributed by atoms with Crippen LogP contribution in [0.4, 0.5) is 0 Å². The third-order valence-electron chi connectivity index (χ3n) is 2.08. The summed E-state index contributed by atoms with van der Waals surface area (Å²) in [6.07, 6.45) is 1.66. The Labute approximate surface area is 80.5 Å². The molecule has 0 radical (unpaired) electrons. The molecule has 12 heavy (non-hydrogen) atoms. The smallest absolute Gasteiger partial charge is 0.187 e. The van der Waals surface area contributed by atoms with Crippen LogP contribution in [0.1, 0.15) is 33.6 Å². The lowest BCUT2D eigenvalue weighted by atomic mass is 9.90. The van der Waals surface area contributed by atoms with Crippen LogP contribution in [0.25, 0.3) is 0 Å². The van der Waals surface area contributed by atoms with Crippen molar-refractivity contribution in [2.24, 2.45) is 5.41 Å². The molecule has 3 heteroatoms. The Hall–Kier alpha value is -0.0200. The van der Waals surface area contributed by atoms with Gasteiger partial charge in [0.25, 0.3) is 0 Å².